The predicted octanol–water partition coefficient (Wildman–Crippen LogP) is 3.46. The van der Waals surface area contributed by atoms with Gasteiger partial charge in [-0.2, -0.15) is 0 Å². The van der Waals surface area contributed by atoms with Gasteiger partial charge in [-0.1, -0.05) is 32.1 Å². The summed E-state index contributed by atoms with van der Waals surface area (Å²) in [5, 5.41) is 6.28. The van der Waals surface area contributed by atoms with Gasteiger partial charge in [0.05, 0.1) is 0 Å². The fraction of sp³-hybridized carbons (Fsp3) is 0.938. The molecule has 1 fully saturated rings. The maximum atomic E-state index is 11.5. The van der Waals surface area contributed by atoms with E-state index in [0.717, 1.165) is 12.5 Å². The van der Waals surface area contributed by atoms with E-state index in [-0.39, 0.29) is 12.1 Å². The zero-order valence-corrected chi connectivity index (χ0v) is 13.6. The summed E-state index contributed by atoms with van der Waals surface area (Å²) in [6, 6.07) is 0.283. The van der Waals surface area contributed by atoms with Crippen LogP contribution in [0.4, 0.5) is 4.79 Å². The fourth-order valence-corrected chi connectivity index (χ4v) is 2.63. The summed E-state index contributed by atoms with van der Waals surface area (Å²) in [5.41, 5.74) is -0.429. The average Bonchev–Trinajstić information content (AvgIpc) is 2.36. The van der Waals surface area contributed by atoms with E-state index in [2.05, 4.69) is 17.6 Å². The molecule has 1 amide bonds. The van der Waals surface area contributed by atoms with E-state index in [9.17, 15) is 4.79 Å². The third kappa shape index (κ3) is 8.41. The number of hydrogen-bond donors (Lipinski definition) is 2. The Hall–Kier alpha value is -0.770. The summed E-state index contributed by atoms with van der Waals surface area (Å²) in [7, 11) is 0. The Balaban J connectivity index is 2.05. The van der Waals surface area contributed by atoms with Crippen LogP contribution in [0.15, 0.2) is 0 Å². The van der Waals surface area contributed by atoms with Crippen LogP contribution >= 0.6 is 0 Å². The van der Waals surface area contributed by atoms with E-state index < -0.39 is 5.60 Å². The highest BCUT2D eigenvalue weighted by molar-refractivity contribution is 5.67. The summed E-state index contributed by atoms with van der Waals surface area (Å²) in [4.78, 5) is 11.5. The Morgan fingerprint density at radius 3 is 2.50 bits per heavy atom. The molecule has 0 aromatic carbocycles. The zero-order valence-electron chi connectivity index (χ0n) is 13.6. The first kappa shape index (κ1) is 17.3. The predicted molar refractivity (Wildman–Crippen MR) is 82.9 cm³/mol. The van der Waals surface area contributed by atoms with Gasteiger partial charge in [0.2, 0.25) is 0 Å². The summed E-state index contributed by atoms with van der Waals surface area (Å²) in [5.74, 6) is 0.905. The Labute approximate surface area is 124 Å². The van der Waals surface area contributed by atoms with E-state index in [1.165, 1.54) is 38.5 Å². The maximum Gasteiger partial charge on any atom is 0.407 e. The van der Waals surface area contributed by atoms with Gasteiger partial charge in [0.1, 0.15) is 5.60 Å². The summed E-state index contributed by atoms with van der Waals surface area (Å²) in [6.45, 7) is 9.37. The molecule has 0 radical (unpaired) electrons. The van der Waals surface area contributed by atoms with Gasteiger partial charge in [0.25, 0.3) is 0 Å². The molecule has 1 rings (SSSR count). The summed E-state index contributed by atoms with van der Waals surface area (Å²) < 4.78 is 5.21. The molecule has 118 valence electrons. The first-order valence-electron chi connectivity index (χ1n) is 8.07. The van der Waals surface area contributed by atoms with Crippen molar-refractivity contribution in [2.75, 3.05) is 13.1 Å². The van der Waals surface area contributed by atoms with Gasteiger partial charge in [-0.05, 0) is 46.6 Å². The van der Waals surface area contributed by atoms with Gasteiger partial charge < -0.3 is 15.4 Å². The lowest BCUT2D eigenvalue weighted by Crippen LogP contribution is -2.41. The second-order valence-electron chi connectivity index (χ2n) is 7.03. The number of rotatable bonds is 6. The van der Waals surface area contributed by atoms with Gasteiger partial charge in [0.15, 0.2) is 0 Å². The van der Waals surface area contributed by atoms with Gasteiger partial charge in [-0.15, -0.1) is 0 Å². The minimum Gasteiger partial charge on any atom is -0.444 e. The van der Waals surface area contributed by atoms with Crippen LogP contribution in [-0.2, 0) is 4.74 Å². The van der Waals surface area contributed by atoms with Crippen LogP contribution in [0.1, 0.15) is 66.2 Å². The van der Waals surface area contributed by atoms with Gasteiger partial charge in [0, 0.05) is 12.6 Å². The van der Waals surface area contributed by atoms with Crippen molar-refractivity contribution >= 4 is 6.09 Å². The zero-order chi connectivity index (χ0) is 15.0. The van der Waals surface area contributed by atoms with Crippen molar-refractivity contribution in [2.45, 2.75) is 77.9 Å². The third-order valence-electron chi connectivity index (χ3n) is 3.72. The Kier molecular flexibility index (Phi) is 7.35. The molecular formula is C16H32N2O2. The monoisotopic (exact) mass is 284 g/mol. The second kappa shape index (κ2) is 8.50. The molecule has 4 nitrogen and oxygen atoms in total. The molecular weight excluding hydrogens is 252 g/mol. The minimum absolute atomic E-state index is 0.283. The molecule has 0 aromatic heterocycles. The molecule has 1 atom stereocenters. The van der Waals surface area contributed by atoms with E-state index in [1.807, 2.05) is 20.8 Å². The largest absolute Gasteiger partial charge is 0.444 e. The molecule has 0 spiro atoms. The highest BCUT2D eigenvalue weighted by atomic mass is 16.6. The molecule has 2 N–H and O–H groups in total. The lowest BCUT2D eigenvalue weighted by molar-refractivity contribution is 0.0523. The molecule has 1 aliphatic carbocycles. The van der Waals surface area contributed by atoms with Gasteiger partial charge in [-0.3, -0.25) is 0 Å². The van der Waals surface area contributed by atoms with Crippen LogP contribution in [0.25, 0.3) is 0 Å². The smallest absolute Gasteiger partial charge is 0.407 e. The average molecular weight is 284 g/mol. The Morgan fingerprint density at radius 1 is 1.25 bits per heavy atom. The number of hydrogen-bond acceptors (Lipinski definition) is 3. The molecule has 4 heteroatoms. The first-order valence-corrected chi connectivity index (χ1v) is 8.07. The molecule has 0 aromatic rings. The van der Waals surface area contributed by atoms with Crippen molar-refractivity contribution in [3.63, 3.8) is 0 Å². The van der Waals surface area contributed by atoms with Crippen LogP contribution in [0.2, 0.25) is 0 Å². The third-order valence-corrected chi connectivity index (χ3v) is 3.72. The highest BCUT2D eigenvalue weighted by Crippen LogP contribution is 2.25. The van der Waals surface area contributed by atoms with E-state index >= 15 is 0 Å². The number of ether oxygens (including phenoxy) is 1. The summed E-state index contributed by atoms with van der Waals surface area (Å²) in [6.07, 6.45) is 7.94. The number of nitrogens with one attached hydrogen (secondary N) is 2. The first-order chi connectivity index (χ1) is 9.37. The Morgan fingerprint density at radius 2 is 1.90 bits per heavy atom. The van der Waals surface area contributed by atoms with Crippen molar-refractivity contribution < 1.29 is 9.53 Å². The molecule has 0 heterocycles. The molecule has 1 saturated carbocycles. The Bertz CT molecular complexity index is 281. The topological polar surface area (TPSA) is 50.4 Å². The lowest BCUT2D eigenvalue weighted by Gasteiger charge is -2.23. The van der Waals surface area contributed by atoms with Crippen LogP contribution in [0.3, 0.4) is 0 Å². The number of carbonyl (C=O) groups excluding carboxylic acids is 1. The van der Waals surface area contributed by atoms with Crippen molar-refractivity contribution in [2.24, 2.45) is 5.92 Å². The van der Waals surface area contributed by atoms with Crippen LogP contribution in [0, 0.1) is 5.92 Å². The minimum atomic E-state index is -0.429. The van der Waals surface area contributed by atoms with E-state index in [1.54, 1.807) is 0 Å². The molecule has 0 saturated heterocycles. The number of alkyl carbamates (subject to hydrolysis) is 1. The quantitative estimate of drug-likeness (QED) is 0.785. The number of amides is 1. The van der Waals surface area contributed by atoms with E-state index in [4.69, 9.17) is 4.74 Å². The van der Waals surface area contributed by atoms with E-state index in [0.29, 0.717) is 6.54 Å². The maximum absolute atomic E-state index is 11.5. The summed E-state index contributed by atoms with van der Waals surface area (Å²) >= 11 is 0. The van der Waals surface area contributed by atoms with Crippen molar-refractivity contribution in [1.82, 2.24) is 10.6 Å². The SMILES string of the molecule is CC(CNC(=O)OC(C)(C)C)NCCC1CCCCC1. The van der Waals surface area contributed by atoms with Crippen molar-refractivity contribution in [1.29, 1.82) is 0 Å². The van der Waals surface area contributed by atoms with Gasteiger partial charge >= 0.3 is 6.09 Å². The molecule has 1 unspecified atom stereocenters. The normalized spacial score (nSPS) is 18.6. The van der Waals surface area contributed by atoms with Crippen LogP contribution < -0.4 is 10.6 Å². The lowest BCUT2D eigenvalue weighted by atomic mass is 9.87. The molecule has 1 aliphatic rings. The fourth-order valence-electron chi connectivity index (χ4n) is 2.63. The number of carbonyl (C=O) groups is 1. The van der Waals surface area contributed by atoms with Gasteiger partial charge in [-0.25, -0.2) is 4.79 Å². The standard InChI is InChI=1S/C16H32N2O2/c1-13(12-18-15(19)20-16(2,3)4)17-11-10-14-8-6-5-7-9-14/h13-14,17H,5-12H2,1-4H3,(H,18,19). The molecule has 20 heavy (non-hydrogen) atoms. The van der Waals surface area contributed by atoms with Crippen LogP contribution in [-0.4, -0.2) is 30.8 Å². The van der Waals surface area contributed by atoms with Crippen LogP contribution in [0.5, 0.6) is 0 Å². The second-order valence-corrected chi connectivity index (χ2v) is 7.03. The highest BCUT2D eigenvalue weighted by Gasteiger charge is 2.16. The van der Waals surface area contributed by atoms with Crippen molar-refractivity contribution in [3.8, 4) is 0 Å². The van der Waals surface area contributed by atoms with Crippen molar-refractivity contribution in [3.05, 3.63) is 0 Å². The molecule has 0 bridgehead atoms. The molecule has 0 aliphatic heterocycles.